The molecule has 0 bridgehead atoms. The first-order chi connectivity index (χ1) is 7.09. The quantitative estimate of drug-likeness (QED) is 0.790. The van der Waals surface area contributed by atoms with Gasteiger partial charge in [-0.3, -0.25) is 0 Å². The Morgan fingerprint density at radius 1 is 1.27 bits per heavy atom. The molecule has 0 aromatic heterocycles. The predicted molar refractivity (Wildman–Crippen MR) is 57.9 cm³/mol. The fourth-order valence-corrected chi connectivity index (χ4v) is 1.34. The SMILES string of the molecule is CC(C)CNCc1cccc(C(F)F)c1. The van der Waals surface area contributed by atoms with Crippen LogP contribution in [-0.2, 0) is 6.54 Å². The van der Waals surface area contributed by atoms with Gasteiger partial charge in [0.05, 0.1) is 0 Å². The molecule has 0 saturated carbocycles. The molecule has 0 aliphatic rings. The molecule has 0 fully saturated rings. The summed E-state index contributed by atoms with van der Waals surface area (Å²) in [7, 11) is 0. The molecule has 84 valence electrons. The molecular weight excluding hydrogens is 196 g/mol. The molecule has 1 nitrogen and oxygen atoms in total. The Morgan fingerprint density at radius 2 is 2.00 bits per heavy atom. The van der Waals surface area contributed by atoms with Crippen LogP contribution in [0.1, 0.15) is 31.4 Å². The summed E-state index contributed by atoms with van der Waals surface area (Å²) in [5.41, 5.74) is 1.01. The molecule has 0 saturated heterocycles. The molecule has 1 N–H and O–H groups in total. The predicted octanol–water partition coefficient (Wildman–Crippen LogP) is 3.37. The summed E-state index contributed by atoms with van der Waals surface area (Å²) < 4.78 is 24.8. The van der Waals surface area contributed by atoms with E-state index >= 15 is 0 Å². The highest BCUT2D eigenvalue weighted by atomic mass is 19.3. The number of rotatable bonds is 5. The fraction of sp³-hybridized carbons (Fsp3) is 0.500. The molecule has 0 atom stereocenters. The lowest BCUT2D eigenvalue weighted by molar-refractivity contribution is 0.151. The lowest BCUT2D eigenvalue weighted by Gasteiger charge is -2.08. The summed E-state index contributed by atoms with van der Waals surface area (Å²) in [6.45, 7) is 5.78. The van der Waals surface area contributed by atoms with Gasteiger partial charge in [-0.2, -0.15) is 0 Å². The van der Waals surface area contributed by atoms with E-state index in [1.807, 2.05) is 6.07 Å². The highest BCUT2D eigenvalue weighted by Crippen LogP contribution is 2.19. The van der Waals surface area contributed by atoms with Crippen LogP contribution < -0.4 is 5.32 Å². The van der Waals surface area contributed by atoms with Crippen LogP contribution in [0.3, 0.4) is 0 Å². The maximum absolute atomic E-state index is 12.4. The van der Waals surface area contributed by atoms with E-state index in [0.29, 0.717) is 12.5 Å². The summed E-state index contributed by atoms with van der Waals surface area (Å²) in [6.07, 6.45) is -2.38. The third kappa shape index (κ3) is 4.38. The lowest BCUT2D eigenvalue weighted by atomic mass is 10.1. The van der Waals surface area contributed by atoms with Crippen molar-refractivity contribution in [3.05, 3.63) is 35.4 Å². The molecule has 15 heavy (non-hydrogen) atoms. The van der Waals surface area contributed by atoms with Crippen LogP contribution in [0.2, 0.25) is 0 Å². The molecule has 1 rings (SSSR count). The summed E-state index contributed by atoms with van der Waals surface area (Å²) >= 11 is 0. The Kier molecular flexibility index (Phi) is 4.69. The van der Waals surface area contributed by atoms with Crippen molar-refractivity contribution in [2.24, 2.45) is 5.92 Å². The maximum Gasteiger partial charge on any atom is 0.263 e. The number of hydrogen-bond donors (Lipinski definition) is 1. The van der Waals surface area contributed by atoms with Crippen molar-refractivity contribution in [1.82, 2.24) is 5.32 Å². The molecular formula is C12H17F2N. The van der Waals surface area contributed by atoms with E-state index in [-0.39, 0.29) is 5.56 Å². The molecule has 0 aliphatic heterocycles. The van der Waals surface area contributed by atoms with Crippen LogP contribution in [0.25, 0.3) is 0 Å². The Bertz CT molecular complexity index is 297. The number of nitrogens with one attached hydrogen (secondary N) is 1. The summed E-state index contributed by atoms with van der Waals surface area (Å²) in [5, 5.41) is 3.22. The first-order valence-corrected chi connectivity index (χ1v) is 5.17. The normalized spacial score (nSPS) is 11.3. The van der Waals surface area contributed by atoms with Crippen LogP contribution in [-0.4, -0.2) is 6.54 Å². The average Bonchev–Trinajstić information content (AvgIpc) is 2.17. The third-order valence-corrected chi connectivity index (χ3v) is 2.08. The van der Waals surface area contributed by atoms with Crippen LogP contribution in [0.5, 0.6) is 0 Å². The smallest absolute Gasteiger partial charge is 0.263 e. The largest absolute Gasteiger partial charge is 0.312 e. The van der Waals surface area contributed by atoms with Gasteiger partial charge in [0, 0.05) is 12.1 Å². The van der Waals surface area contributed by atoms with Gasteiger partial charge in [0.25, 0.3) is 6.43 Å². The molecule has 3 heteroatoms. The second-order valence-corrected chi connectivity index (χ2v) is 4.07. The van der Waals surface area contributed by atoms with Gasteiger partial charge >= 0.3 is 0 Å². The standard InChI is InChI=1S/C12H17F2N/c1-9(2)7-15-8-10-4-3-5-11(6-10)12(13)14/h3-6,9,12,15H,7-8H2,1-2H3. The molecule has 1 aromatic rings. The topological polar surface area (TPSA) is 12.0 Å². The molecule has 0 heterocycles. The first kappa shape index (κ1) is 12.1. The second kappa shape index (κ2) is 5.81. The van der Waals surface area contributed by atoms with Crippen molar-refractivity contribution >= 4 is 0 Å². The molecule has 0 spiro atoms. The number of hydrogen-bond acceptors (Lipinski definition) is 1. The minimum absolute atomic E-state index is 0.0962. The van der Waals surface area contributed by atoms with Crippen molar-refractivity contribution in [1.29, 1.82) is 0 Å². The van der Waals surface area contributed by atoms with E-state index in [1.165, 1.54) is 6.07 Å². The number of benzene rings is 1. The summed E-state index contributed by atoms with van der Waals surface area (Å²) in [4.78, 5) is 0. The third-order valence-electron chi connectivity index (χ3n) is 2.08. The van der Waals surface area contributed by atoms with Crippen molar-refractivity contribution in [3.63, 3.8) is 0 Å². The van der Waals surface area contributed by atoms with E-state index in [0.717, 1.165) is 12.1 Å². The number of halogens is 2. The average molecular weight is 213 g/mol. The highest BCUT2D eigenvalue weighted by Gasteiger charge is 2.06. The molecule has 0 radical (unpaired) electrons. The van der Waals surface area contributed by atoms with E-state index in [4.69, 9.17) is 0 Å². The fourth-order valence-electron chi connectivity index (χ4n) is 1.34. The van der Waals surface area contributed by atoms with Crippen LogP contribution in [0.4, 0.5) is 8.78 Å². The zero-order valence-electron chi connectivity index (χ0n) is 9.13. The minimum Gasteiger partial charge on any atom is -0.312 e. The molecule has 0 unspecified atom stereocenters. The number of alkyl halides is 2. The summed E-state index contributed by atoms with van der Waals surface area (Å²) in [5.74, 6) is 0.572. The van der Waals surface area contributed by atoms with Gasteiger partial charge in [-0.1, -0.05) is 32.0 Å². The molecule has 1 aromatic carbocycles. The van der Waals surface area contributed by atoms with Gasteiger partial charge in [-0.25, -0.2) is 8.78 Å². The van der Waals surface area contributed by atoms with E-state index in [9.17, 15) is 8.78 Å². The monoisotopic (exact) mass is 213 g/mol. The van der Waals surface area contributed by atoms with Crippen molar-refractivity contribution < 1.29 is 8.78 Å². The van der Waals surface area contributed by atoms with Gasteiger partial charge in [-0.05, 0) is 24.1 Å². The zero-order chi connectivity index (χ0) is 11.3. The molecule has 0 aliphatic carbocycles. The summed E-state index contributed by atoms with van der Waals surface area (Å²) in [6, 6.07) is 6.54. The minimum atomic E-state index is -2.38. The van der Waals surface area contributed by atoms with Gasteiger partial charge < -0.3 is 5.32 Å². The van der Waals surface area contributed by atoms with Crippen molar-refractivity contribution in [3.8, 4) is 0 Å². The Morgan fingerprint density at radius 3 is 2.60 bits per heavy atom. The zero-order valence-corrected chi connectivity index (χ0v) is 9.13. The lowest BCUT2D eigenvalue weighted by Crippen LogP contribution is -2.18. The van der Waals surface area contributed by atoms with E-state index < -0.39 is 6.43 Å². The van der Waals surface area contributed by atoms with Gasteiger partial charge in [-0.15, -0.1) is 0 Å². The second-order valence-electron chi connectivity index (χ2n) is 4.07. The Hall–Kier alpha value is -0.960. The Balaban J connectivity index is 2.50. The maximum atomic E-state index is 12.4. The highest BCUT2D eigenvalue weighted by molar-refractivity contribution is 5.24. The van der Waals surface area contributed by atoms with Crippen LogP contribution in [0, 0.1) is 5.92 Å². The van der Waals surface area contributed by atoms with Gasteiger partial charge in [0.2, 0.25) is 0 Å². The first-order valence-electron chi connectivity index (χ1n) is 5.17. The molecule has 0 amide bonds. The van der Waals surface area contributed by atoms with Crippen molar-refractivity contribution in [2.75, 3.05) is 6.54 Å². The Labute approximate surface area is 89.5 Å². The van der Waals surface area contributed by atoms with Crippen molar-refractivity contribution in [2.45, 2.75) is 26.8 Å². The van der Waals surface area contributed by atoms with Gasteiger partial charge in [0.1, 0.15) is 0 Å². The van der Waals surface area contributed by atoms with Gasteiger partial charge in [0.15, 0.2) is 0 Å². The van der Waals surface area contributed by atoms with Crippen LogP contribution >= 0.6 is 0 Å². The van der Waals surface area contributed by atoms with Crippen LogP contribution in [0.15, 0.2) is 24.3 Å². The van der Waals surface area contributed by atoms with E-state index in [2.05, 4.69) is 19.2 Å². The van der Waals surface area contributed by atoms with E-state index in [1.54, 1.807) is 12.1 Å².